The number of rotatable bonds is 11. The number of aliphatic carboxylic acids is 1. The van der Waals surface area contributed by atoms with Crippen LogP contribution >= 0.6 is 11.6 Å². The highest BCUT2D eigenvalue weighted by molar-refractivity contribution is 6.40. The molecule has 2 fully saturated rings. The second-order valence-corrected chi connectivity index (χ2v) is 15.3. The van der Waals surface area contributed by atoms with Gasteiger partial charge in [-0.15, -0.1) is 0 Å². The van der Waals surface area contributed by atoms with Crippen LogP contribution in [0.25, 0.3) is 0 Å². The summed E-state index contributed by atoms with van der Waals surface area (Å²) in [6.45, 7) is 11.1. The fraction of sp³-hybridized carbons (Fsp3) is 0.605. The van der Waals surface area contributed by atoms with Gasteiger partial charge in [0.15, 0.2) is 0 Å². The number of nitrogens with zero attached hydrogens (tertiary/aromatic N) is 2. The molecule has 2 aromatic carbocycles. The molecule has 1 N–H and O–H groups in total. The van der Waals surface area contributed by atoms with E-state index in [1.54, 1.807) is 30.1 Å². The number of Topliss-reactive ketones (excluding diaryl/α,β-unsaturated/α-hetero) is 1. The van der Waals surface area contributed by atoms with E-state index in [2.05, 4.69) is 24.0 Å². The highest BCUT2D eigenvalue weighted by Gasteiger charge is 2.42. The predicted molar refractivity (Wildman–Crippen MR) is 186 cm³/mol. The highest BCUT2D eigenvalue weighted by atomic mass is 35.5. The van der Waals surface area contributed by atoms with Gasteiger partial charge in [0.05, 0.1) is 18.4 Å². The number of halogens is 1. The Morgan fingerprint density at radius 1 is 1.10 bits per heavy atom. The molecule has 0 radical (unpaired) electrons. The van der Waals surface area contributed by atoms with E-state index in [0.29, 0.717) is 54.8 Å². The molecular weight excluding hydrogens is 632 g/mol. The van der Waals surface area contributed by atoms with Crippen molar-refractivity contribution in [1.29, 1.82) is 0 Å². The van der Waals surface area contributed by atoms with Crippen LogP contribution in [0.1, 0.15) is 93.6 Å². The van der Waals surface area contributed by atoms with E-state index in [9.17, 15) is 19.5 Å². The van der Waals surface area contributed by atoms with Gasteiger partial charge in [0.25, 0.3) is 5.78 Å². The van der Waals surface area contributed by atoms with E-state index < -0.39 is 17.4 Å². The number of hydrogen-bond donors (Lipinski definition) is 1. The summed E-state index contributed by atoms with van der Waals surface area (Å²) in [7, 11) is 1.80. The van der Waals surface area contributed by atoms with Gasteiger partial charge in [-0.05, 0) is 119 Å². The van der Waals surface area contributed by atoms with Crippen LogP contribution in [0.2, 0.25) is 5.02 Å². The maximum atomic E-state index is 12.5. The number of fused-ring (bicyclic) bond motifs is 1. The first-order valence-corrected chi connectivity index (χ1v) is 17.8. The molecule has 1 saturated carbocycles. The van der Waals surface area contributed by atoms with Crippen LogP contribution in [0.3, 0.4) is 0 Å². The zero-order chi connectivity index (χ0) is 34.6. The Hall–Kier alpha value is -3.30. The van der Waals surface area contributed by atoms with Crippen molar-refractivity contribution in [2.45, 2.75) is 90.3 Å². The number of carboxylic acid groups (broad SMARTS) is 1. The van der Waals surface area contributed by atoms with Gasteiger partial charge < -0.3 is 29.1 Å². The number of hydrogen-bond acceptors (Lipinski definition) is 7. The summed E-state index contributed by atoms with van der Waals surface area (Å²) in [4.78, 5) is 40.6. The summed E-state index contributed by atoms with van der Waals surface area (Å²) in [5, 5.41) is 10.2. The molecule has 5 unspecified atom stereocenters. The van der Waals surface area contributed by atoms with E-state index in [1.165, 1.54) is 11.1 Å². The van der Waals surface area contributed by atoms with Gasteiger partial charge in [-0.3, -0.25) is 4.79 Å². The average molecular weight is 683 g/mol. The molecule has 48 heavy (non-hydrogen) atoms. The van der Waals surface area contributed by atoms with Crippen molar-refractivity contribution >= 4 is 35.1 Å². The van der Waals surface area contributed by atoms with Crippen LogP contribution in [0.15, 0.2) is 36.4 Å². The molecule has 2 heterocycles. The molecule has 0 spiro atoms. The summed E-state index contributed by atoms with van der Waals surface area (Å²) in [6.07, 6.45) is 6.79. The zero-order valence-electron chi connectivity index (χ0n) is 29.0. The molecule has 3 aliphatic rings. The van der Waals surface area contributed by atoms with Gasteiger partial charge >= 0.3 is 12.1 Å². The van der Waals surface area contributed by atoms with E-state index in [-0.39, 0.29) is 23.7 Å². The number of ether oxygens (including phenoxy) is 3. The van der Waals surface area contributed by atoms with Crippen LogP contribution in [-0.4, -0.2) is 79.5 Å². The number of benzene rings is 2. The number of aryl methyl sites for hydroxylation is 1. The third kappa shape index (κ3) is 8.83. The monoisotopic (exact) mass is 682 g/mol. The van der Waals surface area contributed by atoms with Crippen LogP contribution in [0, 0.1) is 17.8 Å². The lowest BCUT2D eigenvalue weighted by Gasteiger charge is -2.46. The van der Waals surface area contributed by atoms with Crippen molar-refractivity contribution in [1.82, 2.24) is 4.90 Å². The van der Waals surface area contributed by atoms with Crippen molar-refractivity contribution in [3.05, 3.63) is 58.1 Å². The second-order valence-electron chi connectivity index (χ2n) is 14.8. The number of anilines is 1. The Balaban J connectivity index is 1.32. The third-order valence-corrected chi connectivity index (χ3v) is 10.3. The van der Waals surface area contributed by atoms with Crippen LogP contribution in [0.4, 0.5) is 10.5 Å². The summed E-state index contributed by atoms with van der Waals surface area (Å²) in [6, 6.07) is 11.1. The summed E-state index contributed by atoms with van der Waals surface area (Å²) in [5.74, 6) is -0.434. The number of carbonyl (C=O) groups is 3. The Bertz CT molecular complexity index is 1470. The second kappa shape index (κ2) is 15.5. The lowest BCUT2D eigenvalue weighted by atomic mass is 9.67. The Morgan fingerprint density at radius 2 is 1.90 bits per heavy atom. The molecule has 10 heteroatoms. The van der Waals surface area contributed by atoms with E-state index in [0.717, 1.165) is 57.2 Å². The molecule has 1 amide bonds. The minimum Gasteiger partial charge on any atom is -0.491 e. The standard InChI is InChI=1S/C38H51ClN2O7/c1-6-7-25-19-29(39)10-12-30(25)28-22-41(32-20-26(35(42)36(43)44)9-13-33(32)47-23-28)21-27-8-11-31(27)34-18-24(15-17-46-34)14-16-40(5)37(45)48-38(2,3)4/h9-10,12-13,19-20,24,27-28,31,34H,6-8,11,14-18,21-23H2,1-5H3,(H,43,44). The SMILES string of the molecule is CCCc1cc(Cl)ccc1C1COc2ccc(C(=O)C(=O)O)cc2N(CC2CCC2C2CC(CCN(C)C(=O)OC(C)(C)C)CCO2)C1. The fourth-order valence-corrected chi connectivity index (χ4v) is 7.64. The smallest absolute Gasteiger partial charge is 0.410 e. The molecule has 2 aromatic rings. The summed E-state index contributed by atoms with van der Waals surface area (Å²) >= 11 is 6.41. The normalized spacial score (nSPS) is 24.0. The quantitative estimate of drug-likeness (QED) is 0.191. The van der Waals surface area contributed by atoms with Gasteiger partial charge in [-0.1, -0.05) is 31.0 Å². The van der Waals surface area contributed by atoms with Gasteiger partial charge in [0.2, 0.25) is 0 Å². The maximum Gasteiger partial charge on any atom is 0.410 e. The molecule has 0 aromatic heterocycles. The topological polar surface area (TPSA) is 106 Å². The number of carbonyl (C=O) groups excluding carboxylic acids is 2. The molecular formula is C38H51ClN2O7. The van der Waals surface area contributed by atoms with Crippen molar-refractivity contribution in [3.63, 3.8) is 0 Å². The van der Waals surface area contributed by atoms with Gasteiger partial charge in [0, 0.05) is 49.8 Å². The minimum absolute atomic E-state index is 0.0608. The zero-order valence-corrected chi connectivity index (χ0v) is 29.8. The van der Waals surface area contributed by atoms with E-state index >= 15 is 0 Å². The van der Waals surface area contributed by atoms with E-state index in [4.69, 9.17) is 25.8 Å². The molecule has 1 aliphatic carbocycles. The van der Waals surface area contributed by atoms with Crippen LogP contribution < -0.4 is 9.64 Å². The Labute approximate surface area is 289 Å². The van der Waals surface area contributed by atoms with Crippen molar-refractivity contribution < 1.29 is 33.7 Å². The van der Waals surface area contributed by atoms with E-state index in [1.807, 2.05) is 26.8 Å². The third-order valence-electron chi connectivity index (χ3n) is 10.1. The summed E-state index contributed by atoms with van der Waals surface area (Å²) in [5.41, 5.74) is 2.81. The van der Waals surface area contributed by atoms with Crippen molar-refractivity contribution in [3.8, 4) is 5.75 Å². The number of carboxylic acids is 1. The van der Waals surface area contributed by atoms with Gasteiger partial charge in [-0.2, -0.15) is 0 Å². The maximum absolute atomic E-state index is 12.5. The van der Waals surface area contributed by atoms with Gasteiger partial charge in [-0.25, -0.2) is 9.59 Å². The highest BCUT2D eigenvalue weighted by Crippen LogP contribution is 2.45. The summed E-state index contributed by atoms with van der Waals surface area (Å²) < 4.78 is 18.3. The molecule has 2 aliphatic heterocycles. The predicted octanol–water partition coefficient (Wildman–Crippen LogP) is 7.62. The first-order valence-electron chi connectivity index (χ1n) is 17.5. The molecule has 262 valence electrons. The van der Waals surface area contributed by atoms with Crippen molar-refractivity contribution in [2.75, 3.05) is 44.8 Å². The van der Waals surface area contributed by atoms with Crippen molar-refractivity contribution in [2.24, 2.45) is 17.8 Å². The molecule has 1 saturated heterocycles. The minimum atomic E-state index is -1.47. The molecule has 5 atom stereocenters. The van der Waals surface area contributed by atoms with Crippen LogP contribution in [-0.2, 0) is 20.7 Å². The Kier molecular flexibility index (Phi) is 11.6. The van der Waals surface area contributed by atoms with Gasteiger partial charge in [0.1, 0.15) is 11.4 Å². The largest absolute Gasteiger partial charge is 0.491 e. The number of ketones is 1. The first kappa shape index (κ1) is 36.0. The van der Waals surface area contributed by atoms with Crippen LogP contribution in [0.5, 0.6) is 5.75 Å². The fourth-order valence-electron chi connectivity index (χ4n) is 7.44. The average Bonchev–Trinajstić information content (AvgIpc) is 3.20. The lowest BCUT2D eigenvalue weighted by Crippen LogP contribution is -2.47. The molecule has 9 nitrogen and oxygen atoms in total. The molecule has 0 bridgehead atoms. The lowest BCUT2D eigenvalue weighted by molar-refractivity contribution is -0.131. The number of amides is 1. The first-order chi connectivity index (χ1) is 22.8. The molecule has 5 rings (SSSR count). The Morgan fingerprint density at radius 3 is 2.58 bits per heavy atom.